The summed E-state index contributed by atoms with van der Waals surface area (Å²) in [7, 11) is 1.62. The van der Waals surface area contributed by atoms with Crippen LogP contribution in [0, 0.1) is 0 Å². The molecule has 2 aliphatic heterocycles. The van der Waals surface area contributed by atoms with E-state index in [1.165, 1.54) is 0 Å². The van der Waals surface area contributed by atoms with Crippen molar-refractivity contribution >= 4 is 11.9 Å². The molecule has 0 radical (unpaired) electrons. The number of fused-ring (bicyclic) bond motifs is 1. The standard InChI is InChI=1S/C13H19NO4/c1-3-18-12(16)13-6-4-11(15)14(13)9-10(8-13)5-7-17-2/h5H,3-4,6-9H2,1-2H3/t13-/m0/s1. The van der Waals surface area contributed by atoms with Gasteiger partial charge < -0.3 is 14.4 Å². The van der Waals surface area contributed by atoms with Gasteiger partial charge in [-0.25, -0.2) is 4.79 Å². The van der Waals surface area contributed by atoms with E-state index in [-0.39, 0.29) is 11.9 Å². The van der Waals surface area contributed by atoms with Crippen LogP contribution in [-0.4, -0.2) is 49.2 Å². The second-order valence-electron chi connectivity index (χ2n) is 4.73. The Morgan fingerprint density at radius 1 is 1.56 bits per heavy atom. The molecule has 2 aliphatic rings. The van der Waals surface area contributed by atoms with Gasteiger partial charge in [0.2, 0.25) is 5.91 Å². The van der Waals surface area contributed by atoms with Crippen LogP contribution in [-0.2, 0) is 19.1 Å². The predicted octanol–water partition coefficient (Wildman–Crippen LogP) is 0.887. The molecule has 0 unspecified atom stereocenters. The second-order valence-corrected chi connectivity index (χ2v) is 4.73. The van der Waals surface area contributed by atoms with E-state index >= 15 is 0 Å². The van der Waals surface area contributed by atoms with Crippen molar-refractivity contribution in [2.45, 2.75) is 31.7 Å². The van der Waals surface area contributed by atoms with Gasteiger partial charge in [-0.15, -0.1) is 0 Å². The van der Waals surface area contributed by atoms with E-state index in [2.05, 4.69) is 0 Å². The zero-order valence-electron chi connectivity index (χ0n) is 10.9. The maximum Gasteiger partial charge on any atom is 0.332 e. The van der Waals surface area contributed by atoms with Crippen LogP contribution in [0.4, 0.5) is 0 Å². The highest BCUT2D eigenvalue weighted by atomic mass is 16.5. The Bertz CT molecular complexity index is 390. The Balaban J connectivity index is 2.21. The Kier molecular flexibility index (Phi) is 3.71. The summed E-state index contributed by atoms with van der Waals surface area (Å²) in [5.74, 6) is -0.222. The van der Waals surface area contributed by atoms with E-state index in [4.69, 9.17) is 9.47 Å². The number of carbonyl (C=O) groups is 2. The Morgan fingerprint density at radius 2 is 2.33 bits per heavy atom. The van der Waals surface area contributed by atoms with Crippen LogP contribution in [0.3, 0.4) is 0 Å². The molecule has 0 N–H and O–H groups in total. The Hall–Kier alpha value is -1.36. The molecule has 0 saturated carbocycles. The first-order valence-electron chi connectivity index (χ1n) is 6.28. The van der Waals surface area contributed by atoms with Crippen molar-refractivity contribution < 1.29 is 19.1 Å². The van der Waals surface area contributed by atoms with Crippen LogP contribution < -0.4 is 0 Å². The van der Waals surface area contributed by atoms with Gasteiger partial charge in [0.25, 0.3) is 0 Å². The van der Waals surface area contributed by atoms with Crippen LogP contribution in [0.5, 0.6) is 0 Å². The van der Waals surface area contributed by atoms with Crippen LogP contribution >= 0.6 is 0 Å². The minimum atomic E-state index is -0.743. The highest BCUT2D eigenvalue weighted by molar-refractivity contribution is 5.93. The van der Waals surface area contributed by atoms with Gasteiger partial charge in [-0.2, -0.15) is 0 Å². The summed E-state index contributed by atoms with van der Waals surface area (Å²) in [6, 6.07) is 0. The molecule has 18 heavy (non-hydrogen) atoms. The van der Waals surface area contributed by atoms with Crippen molar-refractivity contribution in [2.24, 2.45) is 0 Å². The van der Waals surface area contributed by atoms with Gasteiger partial charge in [0, 0.05) is 26.5 Å². The SMILES string of the molecule is CCOC(=O)[C@@]12CCC(=O)N1CC(=CCOC)C2. The van der Waals surface area contributed by atoms with E-state index in [1.807, 2.05) is 6.08 Å². The number of esters is 1. The molecule has 0 aliphatic carbocycles. The Morgan fingerprint density at radius 3 is 3.00 bits per heavy atom. The topological polar surface area (TPSA) is 55.8 Å². The number of rotatable bonds is 4. The zero-order chi connectivity index (χ0) is 13.2. The van der Waals surface area contributed by atoms with Crippen molar-refractivity contribution in [3.05, 3.63) is 11.6 Å². The Labute approximate surface area is 107 Å². The summed E-state index contributed by atoms with van der Waals surface area (Å²) in [5, 5.41) is 0. The lowest BCUT2D eigenvalue weighted by atomic mass is 9.92. The van der Waals surface area contributed by atoms with Crippen molar-refractivity contribution in [1.82, 2.24) is 4.90 Å². The molecule has 0 aromatic rings. The van der Waals surface area contributed by atoms with E-state index in [9.17, 15) is 9.59 Å². The molecule has 0 aromatic heterocycles. The monoisotopic (exact) mass is 253 g/mol. The molecule has 2 saturated heterocycles. The molecular weight excluding hydrogens is 234 g/mol. The van der Waals surface area contributed by atoms with Crippen LogP contribution in [0.25, 0.3) is 0 Å². The van der Waals surface area contributed by atoms with Crippen LogP contribution in [0.2, 0.25) is 0 Å². The number of ether oxygens (including phenoxy) is 2. The van der Waals surface area contributed by atoms with Gasteiger partial charge in [0.05, 0.1) is 13.2 Å². The van der Waals surface area contributed by atoms with Crippen LogP contribution in [0.15, 0.2) is 11.6 Å². The fraction of sp³-hybridized carbons (Fsp3) is 0.692. The number of amides is 1. The lowest BCUT2D eigenvalue weighted by Gasteiger charge is -2.28. The van der Waals surface area contributed by atoms with Crippen LogP contribution in [0.1, 0.15) is 26.2 Å². The number of nitrogens with zero attached hydrogens (tertiary/aromatic N) is 1. The molecule has 100 valence electrons. The molecule has 5 heteroatoms. The molecule has 2 heterocycles. The summed E-state index contributed by atoms with van der Waals surface area (Å²) in [6.45, 7) is 3.17. The first-order chi connectivity index (χ1) is 8.64. The number of hydrogen-bond donors (Lipinski definition) is 0. The van der Waals surface area contributed by atoms with E-state index in [0.717, 1.165) is 5.57 Å². The number of hydrogen-bond acceptors (Lipinski definition) is 4. The minimum Gasteiger partial charge on any atom is -0.464 e. The van der Waals surface area contributed by atoms with Gasteiger partial charge in [-0.3, -0.25) is 4.79 Å². The third-order valence-corrected chi connectivity index (χ3v) is 3.64. The third-order valence-electron chi connectivity index (χ3n) is 3.64. The maximum absolute atomic E-state index is 12.1. The average molecular weight is 253 g/mol. The number of methoxy groups -OCH3 is 1. The minimum absolute atomic E-state index is 0.0452. The number of carbonyl (C=O) groups excluding carboxylic acids is 2. The molecule has 5 nitrogen and oxygen atoms in total. The quantitative estimate of drug-likeness (QED) is 0.551. The van der Waals surface area contributed by atoms with Crippen molar-refractivity contribution in [1.29, 1.82) is 0 Å². The molecule has 2 rings (SSSR count). The van der Waals surface area contributed by atoms with Gasteiger partial charge in [-0.05, 0) is 18.9 Å². The highest BCUT2D eigenvalue weighted by Crippen LogP contribution is 2.42. The molecule has 0 spiro atoms. The third kappa shape index (κ3) is 2.03. The van der Waals surface area contributed by atoms with E-state index in [1.54, 1.807) is 18.9 Å². The first kappa shape index (κ1) is 13.1. The summed E-state index contributed by atoms with van der Waals surface area (Å²) >= 11 is 0. The first-order valence-corrected chi connectivity index (χ1v) is 6.28. The summed E-state index contributed by atoms with van der Waals surface area (Å²) in [5.41, 5.74) is 0.338. The fourth-order valence-electron chi connectivity index (χ4n) is 2.77. The average Bonchev–Trinajstić information content (AvgIpc) is 2.86. The lowest BCUT2D eigenvalue weighted by molar-refractivity contribution is -0.157. The second kappa shape index (κ2) is 5.10. The largest absolute Gasteiger partial charge is 0.464 e. The summed E-state index contributed by atoms with van der Waals surface area (Å²) < 4.78 is 10.1. The predicted molar refractivity (Wildman–Crippen MR) is 64.9 cm³/mol. The normalized spacial score (nSPS) is 28.9. The molecule has 0 aromatic carbocycles. The maximum atomic E-state index is 12.1. The van der Waals surface area contributed by atoms with Gasteiger partial charge in [0.1, 0.15) is 5.54 Å². The van der Waals surface area contributed by atoms with Gasteiger partial charge in [-0.1, -0.05) is 6.08 Å². The zero-order valence-corrected chi connectivity index (χ0v) is 10.9. The molecule has 1 atom stereocenters. The van der Waals surface area contributed by atoms with Crippen molar-refractivity contribution in [3.8, 4) is 0 Å². The molecule has 1 amide bonds. The van der Waals surface area contributed by atoms with E-state index < -0.39 is 5.54 Å². The summed E-state index contributed by atoms with van der Waals surface area (Å²) in [4.78, 5) is 25.7. The smallest absolute Gasteiger partial charge is 0.332 e. The summed E-state index contributed by atoms with van der Waals surface area (Å²) in [6.07, 6.45) is 3.54. The molecule has 2 fully saturated rings. The highest BCUT2D eigenvalue weighted by Gasteiger charge is 2.56. The van der Waals surface area contributed by atoms with Crippen molar-refractivity contribution in [3.63, 3.8) is 0 Å². The lowest BCUT2D eigenvalue weighted by Crippen LogP contribution is -2.48. The molecule has 0 bridgehead atoms. The van der Waals surface area contributed by atoms with Gasteiger partial charge >= 0.3 is 5.97 Å². The molecular formula is C13H19NO4. The van der Waals surface area contributed by atoms with Crippen molar-refractivity contribution in [2.75, 3.05) is 26.9 Å². The van der Waals surface area contributed by atoms with E-state index in [0.29, 0.717) is 39.0 Å². The van der Waals surface area contributed by atoms with Gasteiger partial charge in [0.15, 0.2) is 0 Å². The fourth-order valence-corrected chi connectivity index (χ4v) is 2.77.